The number of methoxy groups -OCH3 is 1. The van der Waals surface area contributed by atoms with Crippen molar-refractivity contribution in [3.63, 3.8) is 0 Å². The van der Waals surface area contributed by atoms with Gasteiger partial charge < -0.3 is 10.5 Å². The molecule has 0 aliphatic carbocycles. The quantitative estimate of drug-likeness (QED) is 0.842. The molecular weight excluding hydrogens is 265 g/mol. The van der Waals surface area contributed by atoms with Gasteiger partial charge >= 0.3 is 0 Å². The van der Waals surface area contributed by atoms with Crippen LogP contribution in [0.3, 0.4) is 0 Å². The lowest BCUT2D eigenvalue weighted by molar-refractivity contribution is 0.386. The van der Waals surface area contributed by atoms with Gasteiger partial charge in [-0.25, -0.2) is 4.39 Å². The van der Waals surface area contributed by atoms with Gasteiger partial charge in [0.15, 0.2) is 11.6 Å². The van der Waals surface area contributed by atoms with Crippen LogP contribution in [0.5, 0.6) is 5.75 Å². The summed E-state index contributed by atoms with van der Waals surface area (Å²) in [6, 6.07) is 15.5. The Morgan fingerprint density at radius 2 is 1.86 bits per heavy atom. The van der Waals surface area contributed by atoms with E-state index >= 15 is 0 Å². The molecule has 0 saturated heterocycles. The van der Waals surface area contributed by atoms with Gasteiger partial charge in [-0.1, -0.05) is 36.4 Å². The Balaban J connectivity index is 1.79. The Morgan fingerprint density at radius 1 is 1.10 bits per heavy atom. The molecule has 0 heterocycles. The molecule has 0 fully saturated rings. The normalized spacial score (nSPS) is 12.1. The molecule has 0 aliphatic heterocycles. The highest BCUT2D eigenvalue weighted by Crippen LogP contribution is 2.19. The van der Waals surface area contributed by atoms with Crippen molar-refractivity contribution in [2.24, 2.45) is 5.73 Å². The Bertz CT molecular complexity index is 556. The number of ether oxygens (including phenoxy) is 1. The first kappa shape index (κ1) is 15.5. The first-order valence-corrected chi connectivity index (χ1v) is 7.31. The lowest BCUT2D eigenvalue weighted by atomic mass is 9.99. The molecular formula is C18H22FNO. The summed E-state index contributed by atoms with van der Waals surface area (Å²) in [5, 5.41) is 0. The summed E-state index contributed by atoms with van der Waals surface area (Å²) >= 11 is 0. The molecule has 0 aliphatic rings. The molecule has 0 amide bonds. The van der Waals surface area contributed by atoms with Crippen LogP contribution in [0.4, 0.5) is 4.39 Å². The second kappa shape index (κ2) is 7.79. The van der Waals surface area contributed by atoms with E-state index in [0.717, 1.165) is 24.8 Å². The third-order valence-corrected chi connectivity index (χ3v) is 3.60. The van der Waals surface area contributed by atoms with Crippen LogP contribution in [-0.2, 0) is 12.8 Å². The fraction of sp³-hybridized carbons (Fsp3) is 0.333. The van der Waals surface area contributed by atoms with Crippen molar-refractivity contribution >= 4 is 0 Å². The number of aryl methyl sites for hydroxylation is 1. The van der Waals surface area contributed by atoms with Crippen LogP contribution in [0.25, 0.3) is 0 Å². The van der Waals surface area contributed by atoms with E-state index in [1.165, 1.54) is 18.7 Å². The largest absolute Gasteiger partial charge is 0.494 e. The molecule has 0 radical (unpaired) electrons. The molecule has 0 saturated carbocycles. The third kappa shape index (κ3) is 4.87. The van der Waals surface area contributed by atoms with E-state index in [4.69, 9.17) is 10.5 Å². The topological polar surface area (TPSA) is 35.2 Å². The van der Waals surface area contributed by atoms with Gasteiger partial charge in [0.1, 0.15) is 0 Å². The van der Waals surface area contributed by atoms with Crippen molar-refractivity contribution in [1.82, 2.24) is 0 Å². The van der Waals surface area contributed by atoms with E-state index in [-0.39, 0.29) is 17.6 Å². The molecule has 2 N–H and O–H groups in total. The van der Waals surface area contributed by atoms with Crippen molar-refractivity contribution < 1.29 is 9.13 Å². The second-order valence-electron chi connectivity index (χ2n) is 5.31. The van der Waals surface area contributed by atoms with Crippen LogP contribution in [0.2, 0.25) is 0 Å². The Kier molecular flexibility index (Phi) is 5.76. The van der Waals surface area contributed by atoms with Crippen LogP contribution in [0, 0.1) is 5.82 Å². The van der Waals surface area contributed by atoms with Gasteiger partial charge in [0.2, 0.25) is 0 Å². The van der Waals surface area contributed by atoms with Crippen molar-refractivity contribution in [2.45, 2.75) is 31.7 Å². The summed E-state index contributed by atoms with van der Waals surface area (Å²) in [6.07, 6.45) is 3.70. The molecule has 2 aromatic rings. The monoisotopic (exact) mass is 287 g/mol. The van der Waals surface area contributed by atoms with Crippen LogP contribution in [-0.4, -0.2) is 13.2 Å². The molecule has 0 bridgehead atoms. The standard InChI is InChI=1S/C18H22FNO/c1-21-18-11-10-15(13-17(18)19)12-16(20)9-5-8-14-6-3-2-4-7-14/h2-4,6-7,10-11,13,16H,5,8-9,12,20H2,1H3. The van der Waals surface area contributed by atoms with E-state index < -0.39 is 0 Å². The Hall–Kier alpha value is -1.87. The van der Waals surface area contributed by atoms with Crippen molar-refractivity contribution in [1.29, 1.82) is 0 Å². The molecule has 0 spiro atoms. The number of halogens is 1. The minimum atomic E-state index is -0.327. The van der Waals surface area contributed by atoms with Crippen LogP contribution in [0.1, 0.15) is 24.0 Å². The summed E-state index contributed by atoms with van der Waals surface area (Å²) < 4.78 is 18.5. The smallest absolute Gasteiger partial charge is 0.165 e. The molecule has 0 aromatic heterocycles. The highest BCUT2D eigenvalue weighted by atomic mass is 19.1. The van der Waals surface area contributed by atoms with E-state index in [1.54, 1.807) is 6.07 Å². The zero-order valence-corrected chi connectivity index (χ0v) is 12.4. The Labute approximate surface area is 125 Å². The maximum atomic E-state index is 13.6. The predicted molar refractivity (Wildman–Crippen MR) is 84.0 cm³/mol. The SMILES string of the molecule is COc1ccc(CC(N)CCCc2ccccc2)cc1F. The summed E-state index contributed by atoms with van der Waals surface area (Å²) in [5.74, 6) is -0.0529. The van der Waals surface area contributed by atoms with E-state index in [0.29, 0.717) is 6.42 Å². The predicted octanol–water partition coefficient (Wildman–Crippen LogP) is 3.73. The molecule has 2 nitrogen and oxygen atoms in total. The highest BCUT2D eigenvalue weighted by molar-refractivity contribution is 5.29. The van der Waals surface area contributed by atoms with Crippen molar-refractivity contribution in [3.8, 4) is 5.75 Å². The molecule has 112 valence electrons. The fourth-order valence-electron chi connectivity index (χ4n) is 2.45. The number of benzene rings is 2. The molecule has 1 atom stereocenters. The van der Waals surface area contributed by atoms with Gasteiger partial charge in [0.25, 0.3) is 0 Å². The lowest BCUT2D eigenvalue weighted by Gasteiger charge is -2.12. The highest BCUT2D eigenvalue weighted by Gasteiger charge is 2.08. The molecule has 3 heteroatoms. The van der Waals surface area contributed by atoms with Crippen molar-refractivity contribution in [3.05, 3.63) is 65.5 Å². The summed E-state index contributed by atoms with van der Waals surface area (Å²) in [4.78, 5) is 0. The third-order valence-electron chi connectivity index (χ3n) is 3.60. The van der Waals surface area contributed by atoms with Gasteiger partial charge in [-0.3, -0.25) is 0 Å². The van der Waals surface area contributed by atoms with Gasteiger partial charge in [0, 0.05) is 6.04 Å². The van der Waals surface area contributed by atoms with Gasteiger partial charge in [0.05, 0.1) is 7.11 Å². The summed E-state index contributed by atoms with van der Waals surface area (Å²) in [6.45, 7) is 0. The Morgan fingerprint density at radius 3 is 2.52 bits per heavy atom. The number of rotatable bonds is 7. The average molecular weight is 287 g/mol. The number of nitrogens with two attached hydrogens (primary N) is 1. The molecule has 2 aromatic carbocycles. The van der Waals surface area contributed by atoms with Gasteiger partial charge in [-0.05, 0) is 48.9 Å². The first-order valence-electron chi connectivity index (χ1n) is 7.31. The zero-order valence-electron chi connectivity index (χ0n) is 12.4. The second-order valence-corrected chi connectivity index (χ2v) is 5.31. The first-order chi connectivity index (χ1) is 10.2. The molecule has 1 unspecified atom stereocenters. The average Bonchev–Trinajstić information content (AvgIpc) is 2.48. The summed E-state index contributed by atoms with van der Waals surface area (Å²) in [7, 11) is 1.47. The van der Waals surface area contributed by atoms with Crippen LogP contribution >= 0.6 is 0 Å². The van der Waals surface area contributed by atoms with Gasteiger partial charge in [-0.2, -0.15) is 0 Å². The zero-order chi connectivity index (χ0) is 15.1. The maximum Gasteiger partial charge on any atom is 0.165 e. The molecule has 21 heavy (non-hydrogen) atoms. The number of hydrogen-bond donors (Lipinski definition) is 1. The van der Waals surface area contributed by atoms with E-state index in [1.807, 2.05) is 12.1 Å². The number of hydrogen-bond acceptors (Lipinski definition) is 2. The summed E-state index contributed by atoms with van der Waals surface area (Å²) in [5.41, 5.74) is 8.39. The minimum absolute atomic E-state index is 0.0570. The van der Waals surface area contributed by atoms with E-state index in [2.05, 4.69) is 24.3 Å². The maximum absolute atomic E-state index is 13.6. The van der Waals surface area contributed by atoms with Crippen molar-refractivity contribution in [2.75, 3.05) is 7.11 Å². The van der Waals surface area contributed by atoms with Gasteiger partial charge in [-0.15, -0.1) is 0 Å². The minimum Gasteiger partial charge on any atom is -0.494 e. The van der Waals surface area contributed by atoms with E-state index in [9.17, 15) is 4.39 Å². The molecule has 2 rings (SSSR count). The van der Waals surface area contributed by atoms with Crippen LogP contribution < -0.4 is 10.5 Å². The lowest BCUT2D eigenvalue weighted by Crippen LogP contribution is -2.22. The van der Waals surface area contributed by atoms with Crippen LogP contribution in [0.15, 0.2) is 48.5 Å². The fourth-order valence-corrected chi connectivity index (χ4v) is 2.45.